The molecule has 0 aromatic carbocycles. The molecule has 1 aromatic rings. The minimum Gasteiger partial charge on any atom is -0.477 e. The lowest BCUT2D eigenvalue weighted by Crippen LogP contribution is -2.37. The monoisotopic (exact) mass is 264 g/mol. The van der Waals surface area contributed by atoms with E-state index in [1.165, 1.54) is 12.5 Å². The fourth-order valence-corrected chi connectivity index (χ4v) is 2.70. The zero-order chi connectivity index (χ0) is 13.8. The highest BCUT2D eigenvalue weighted by Crippen LogP contribution is 2.23. The summed E-state index contributed by atoms with van der Waals surface area (Å²) >= 11 is 0. The molecule has 6 heteroatoms. The maximum Gasteiger partial charge on any atom is 0.341 e. The minimum atomic E-state index is -0.970. The molecule has 2 rings (SSSR count). The number of carboxylic acids is 1. The Hall–Kier alpha value is -1.69. The van der Waals surface area contributed by atoms with E-state index in [9.17, 15) is 9.90 Å². The molecule has 0 radical (unpaired) electrons. The zero-order valence-electron chi connectivity index (χ0n) is 11.4. The van der Waals surface area contributed by atoms with E-state index in [4.69, 9.17) is 0 Å². The van der Waals surface area contributed by atoms with Gasteiger partial charge in [-0.15, -0.1) is 0 Å². The van der Waals surface area contributed by atoms with Crippen LogP contribution in [-0.4, -0.2) is 58.2 Å². The average Bonchev–Trinajstić information content (AvgIpc) is 2.89. The Morgan fingerprint density at radius 3 is 2.89 bits per heavy atom. The fourth-order valence-electron chi connectivity index (χ4n) is 2.70. The van der Waals surface area contributed by atoms with E-state index in [-0.39, 0.29) is 5.56 Å². The molecule has 1 unspecified atom stereocenters. The normalized spacial score (nSPS) is 19.1. The summed E-state index contributed by atoms with van der Waals surface area (Å²) in [4.78, 5) is 23.6. The van der Waals surface area contributed by atoms with Gasteiger partial charge in [0.05, 0.1) is 0 Å². The van der Waals surface area contributed by atoms with Gasteiger partial charge in [0, 0.05) is 25.3 Å². The summed E-state index contributed by atoms with van der Waals surface area (Å²) in [5.41, 5.74) is 0.183. The van der Waals surface area contributed by atoms with Crippen molar-refractivity contribution < 1.29 is 9.90 Å². The molecule has 104 valence electrons. The van der Waals surface area contributed by atoms with Gasteiger partial charge in [-0.1, -0.05) is 13.8 Å². The minimum absolute atomic E-state index is 0.183. The lowest BCUT2D eigenvalue weighted by Gasteiger charge is -2.26. The molecular formula is C13H20N4O2. The van der Waals surface area contributed by atoms with Crippen LogP contribution < -0.4 is 4.90 Å². The van der Waals surface area contributed by atoms with Crippen molar-refractivity contribution in [1.29, 1.82) is 0 Å². The van der Waals surface area contributed by atoms with E-state index in [0.717, 1.165) is 32.6 Å². The second kappa shape index (κ2) is 5.97. The Bertz CT molecular complexity index is 448. The van der Waals surface area contributed by atoms with Crippen LogP contribution in [0, 0.1) is 0 Å². The summed E-state index contributed by atoms with van der Waals surface area (Å²) in [5, 5.41) is 9.18. The second-order valence-corrected chi connectivity index (χ2v) is 4.67. The molecule has 0 amide bonds. The molecule has 0 spiro atoms. The van der Waals surface area contributed by atoms with Gasteiger partial charge in [-0.05, 0) is 19.5 Å². The van der Waals surface area contributed by atoms with Gasteiger partial charge in [0.15, 0.2) is 0 Å². The summed E-state index contributed by atoms with van der Waals surface area (Å²) in [5.74, 6) is -0.431. The van der Waals surface area contributed by atoms with Gasteiger partial charge in [0.25, 0.3) is 0 Å². The SMILES string of the molecule is CCN(CC)C1CCN(c2ncncc2C(=O)O)C1. The van der Waals surface area contributed by atoms with Crippen LogP contribution in [0.4, 0.5) is 5.82 Å². The van der Waals surface area contributed by atoms with E-state index in [0.29, 0.717) is 11.9 Å². The van der Waals surface area contributed by atoms with E-state index in [1.54, 1.807) is 0 Å². The number of aromatic carboxylic acids is 1. The number of carboxylic acid groups (broad SMARTS) is 1. The highest BCUT2D eigenvalue weighted by Gasteiger charge is 2.29. The second-order valence-electron chi connectivity index (χ2n) is 4.67. The van der Waals surface area contributed by atoms with Crippen LogP contribution in [0.2, 0.25) is 0 Å². The van der Waals surface area contributed by atoms with Crippen LogP contribution in [0.15, 0.2) is 12.5 Å². The third-order valence-electron chi connectivity index (χ3n) is 3.71. The summed E-state index contributed by atoms with van der Waals surface area (Å²) in [7, 11) is 0. The van der Waals surface area contributed by atoms with Gasteiger partial charge < -0.3 is 10.0 Å². The average molecular weight is 264 g/mol. The number of carbonyl (C=O) groups is 1. The molecule has 19 heavy (non-hydrogen) atoms. The Labute approximate surface area is 113 Å². The molecular weight excluding hydrogens is 244 g/mol. The molecule has 0 saturated carbocycles. The van der Waals surface area contributed by atoms with Crippen LogP contribution >= 0.6 is 0 Å². The number of likely N-dealkylation sites (N-methyl/N-ethyl adjacent to an activating group) is 1. The van der Waals surface area contributed by atoms with Gasteiger partial charge in [-0.25, -0.2) is 14.8 Å². The maximum absolute atomic E-state index is 11.2. The first-order valence-corrected chi connectivity index (χ1v) is 6.69. The molecule has 6 nitrogen and oxygen atoms in total. The van der Waals surface area contributed by atoms with Crippen molar-refractivity contribution in [1.82, 2.24) is 14.9 Å². The van der Waals surface area contributed by atoms with Crippen LogP contribution in [0.25, 0.3) is 0 Å². The topological polar surface area (TPSA) is 69.6 Å². The number of aromatic nitrogens is 2. The molecule has 0 aliphatic carbocycles. The molecule has 1 aromatic heterocycles. The maximum atomic E-state index is 11.2. The first-order chi connectivity index (χ1) is 9.17. The van der Waals surface area contributed by atoms with Gasteiger partial charge in [-0.2, -0.15) is 0 Å². The standard InChI is InChI=1S/C13H20N4O2/c1-3-16(4-2)10-5-6-17(8-10)12-11(13(18)19)7-14-9-15-12/h7,9-10H,3-6,8H2,1-2H3,(H,18,19). The Balaban J connectivity index is 2.15. The fraction of sp³-hybridized carbons (Fsp3) is 0.615. The van der Waals surface area contributed by atoms with Crippen molar-refractivity contribution >= 4 is 11.8 Å². The molecule has 2 heterocycles. The molecule has 1 atom stereocenters. The molecule has 0 bridgehead atoms. The molecule has 1 N–H and O–H groups in total. The number of rotatable bonds is 5. The van der Waals surface area contributed by atoms with E-state index in [2.05, 4.69) is 28.7 Å². The van der Waals surface area contributed by atoms with E-state index >= 15 is 0 Å². The van der Waals surface area contributed by atoms with Crippen LogP contribution in [-0.2, 0) is 0 Å². The lowest BCUT2D eigenvalue weighted by molar-refractivity contribution is 0.0696. The highest BCUT2D eigenvalue weighted by molar-refractivity contribution is 5.92. The third kappa shape index (κ3) is 2.84. The first kappa shape index (κ1) is 13.7. The van der Waals surface area contributed by atoms with Crippen molar-refractivity contribution in [2.75, 3.05) is 31.1 Å². The van der Waals surface area contributed by atoms with Crippen LogP contribution in [0.3, 0.4) is 0 Å². The van der Waals surface area contributed by atoms with E-state index < -0.39 is 5.97 Å². The van der Waals surface area contributed by atoms with Gasteiger partial charge in [0.2, 0.25) is 0 Å². The van der Waals surface area contributed by atoms with Crippen molar-refractivity contribution in [3.8, 4) is 0 Å². The first-order valence-electron chi connectivity index (χ1n) is 6.69. The summed E-state index contributed by atoms with van der Waals surface area (Å²) in [6, 6.07) is 0.478. The number of hydrogen-bond donors (Lipinski definition) is 1. The molecule has 1 aliphatic rings. The van der Waals surface area contributed by atoms with Crippen molar-refractivity contribution in [3.05, 3.63) is 18.1 Å². The quantitative estimate of drug-likeness (QED) is 0.858. The number of anilines is 1. The van der Waals surface area contributed by atoms with Gasteiger partial charge in [0.1, 0.15) is 17.7 Å². The summed E-state index contributed by atoms with van der Waals surface area (Å²) in [6.45, 7) is 8.02. The summed E-state index contributed by atoms with van der Waals surface area (Å²) < 4.78 is 0. The van der Waals surface area contributed by atoms with Crippen molar-refractivity contribution in [3.63, 3.8) is 0 Å². The predicted molar refractivity (Wildman–Crippen MR) is 72.5 cm³/mol. The third-order valence-corrected chi connectivity index (χ3v) is 3.71. The largest absolute Gasteiger partial charge is 0.477 e. The molecule has 1 saturated heterocycles. The van der Waals surface area contributed by atoms with Gasteiger partial charge >= 0.3 is 5.97 Å². The van der Waals surface area contributed by atoms with E-state index in [1.807, 2.05) is 4.90 Å². The number of hydrogen-bond acceptors (Lipinski definition) is 5. The van der Waals surface area contributed by atoms with Crippen molar-refractivity contribution in [2.24, 2.45) is 0 Å². The van der Waals surface area contributed by atoms with Crippen LogP contribution in [0.1, 0.15) is 30.6 Å². The van der Waals surface area contributed by atoms with Crippen molar-refractivity contribution in [2.45, 2.75) is 26.3 Å². The zero-order valence-corrected chi connectivity index (χ0v) is 11.4. The highest BCUT2D eigenvalue weighted by atomic mass is 16.4. The Morgan fingerprint density at radius 2 is 2.26 bits per heavy atom. The molecule has 1 fully saturated rings. The lowest BCUT2D eigenvalue weighted by atomic mass is 10.2. The Morgan fingerprint density at radius 1 is 1.53 bits per heavy atom. The number of nitrogens with zero attached hydrogens (tertiary/aromatic N) is 4. The smallest absolute Gasteiger partial charge is 0.341 e. The predicted octanol–water partition coefficient (Wildman–Crippen LogP) is 1.10. The molecule has 1 aliphatic heterocycles. The van der Waals surface area contributed by atoms with Crippen LogP contribution in [0.5, 0.6) is 0 Å². The van der Waals surface area contributed by atoms with Gasteiger partial charge in [-0.3, -0.25) is 4.90 Å². The summed E-state index contributed by atoms with van der Waals surface area (Å²) in [6.07, 6.45) is 3.83. The Kier molecular flexibility index (Phi) is 4.31.